The molecule has 7 heteroatoms. The Morgan fingerprint density at radius 1 is 1.33 bits per heavy atom. The van der Waals surface area contributed by atoms with Crippen molar-refractivity contribution in [2.45, 2.75) is 0 Å². The van der Waals surface area contributed by atoms with E-state index in [1.807, 2.05) is 12.1 Å². The van der Waals surface area contributed by atoms with E-state index in [9.17, 15) is 0 Å². The van der Waals surface area contributed by atoms with Crippen LogP contribution >= 0.6 is 0 Å². The highest BCUT2D eigenvalue weighted by Gasteiger charge is 1.90. The number of fused-ring (bicyclic) bond motifs is 1. The number of pyridine rings is 1. The van der Waals surface area contributed by atoms with E-state index in [1.54, 1.807) is 12.5 Å². The monoisotopic (exact) mass is 204 g/mol. The van der Waals surface area contributed by atoms with Crippen LogP contribution in [0.4, 0.5) is 5.82 Å². The van der Waals surface area contributed by atoms with Crippen LogP contribution in [0.15, 0.2) is 35.5 Å². The second-order valence-corrected chi connectivity index (χ2v) is 2.61. The van der Waals surface area contributed by atoms with Crippen LogP contribution < -0.4 is 5.73 Å². The number of aromatic amines is 1. The quantitative estimate of drug-likeness (QED) is 0.555. The van der Waals surface area contributed by atoms with Crippen molar-refractivity contribution in [3.8, 4) is 0 Å². The lowest BCUT2D eigenvalue weighted by Gasteiger charge is -1.80. The summed E-state index contributed by atoms with van der Waals surface area (Å²) in [5, 5.41) is 6.42. The molecular formula is C8H8N6O. The van der Waals surface area contributed by atoms with E-state index in [0.717, 1.165) is 11.2 Å². The summed E-state index contributed by atoms with van der Waals surface area (Å²) in [4.78, 5) is 10.9. The Kier molecular flexibility index (Phi) is 2.54. The summed E-state index contributed by atoms with van der Waals surface area (Å²) in [5.74, 6) is 0.315. The van der Waals surface area contributed by atoms with Gasteiger partial charge in [0.1, 0.15) is 6.20 Å². The van der Waals surface area contributed by atoms with Gasteiger partial charge < -0.3 is 10.7 Å². The summed E-state index contributed by atoms with van der Waals surface area (Å²) < 4.78 is 4.09. The van der Waals surface area contributed by atoms with Gasteiger partial charge in [-0.3, -0.25) is 0 Å². The molecule has 0 aliphatic carbocycles. The van der Waals surface area contributed by atoms with E-state index >= 15 is 0 Å². The Balaban J connectivity index is 0.000000124. The summed E-state index contributed by atoms with van der Waals surface area (Å²) in [6.45, 7) is 0. The van der Waals surface area contributed by atoms with Crippen LogP contribution in [0.3, 0.4) is 0 Å². The fourth-order valence-corrected chi connectivity index (χ4v) is 0.947. The number of nitrogen functional groups attached to an aromatic ring is 1. The van der Waals surface area contributed by atoms with Crippen molar-refractivity contribution in [1.82, 2.24) is 25.3 Å². The van der Waals surface area contributed by atoms with Gasteiger partial charge in [0, 0.05) is 6.20 Å². The van der Waals surface area contributed by atoms with Gasteiger partial charge in [-0.05, 0) is 17.3 Å². The van der Waals surface area contributed by atoms with Gasteiger partial charge in [0.2, 0.25) is 0 Å². The van der Waals surface area contributed by atoms with Crippen molar-refractivity contribution < 1.29 is 4.63 Å². The third-order valence-corrected chi connectivity index (χ3v) is 1.57. The van der Waals surface area contributed by atoms with Gasteiger partial charge in [-0.1, -0.05) is 5.16 Å². The summed E-state index contributed by atoms with van der Waals surface area (Å²) in [7, 11) is 0. The van der Waals surface area contributed by atoms with E-state index in [2.05, 4.69) is 29.9 Å². The molecule has 0 aliphatic heterocycles. The second-order valence-electron chi connectivity index (χ2n) is 2.61. The first-order valence-corrected chi connectivity index (χ1v) is 4.13. The van der Waals surface area contributed by atoms with Crippen molar-refractivity contribution in [2.24, 2.45) is 0 Å². The molecule has 3 aromatic rings. The van der Waals surface area contributed by atoms with Crippen LogP contribution in [0.5, 0.6) is 0 Å². The molecule has 0 atom stereocenters. The molecule has 3 aromatic heterocycles. The average molecular weight is 204 g/mol. The van der Waals surface area contributed by atoms with E-state index < -0.39 is 0 Å². The largest absolute Gasteiger partial charge is 0.380 e. The highest BCUT2D eigenvalue weighted by Crippen LogP contribution is 2.01. The minimum Gasteiger partial charge on any atom is -0.380 e. The molecule has 76 valence electrons. The number of imidazole rings is 1. The van der Waals surface area contributed by atoms with Crippen molar-refractivity contribution in [3.63, 3.8) is 0 Å². The number of nitrogens with zero attached hydrogens (tertiary/aromatic N) is 4. The lowest BCUT2D eigenvalue weighted by Crippen LogP contribution is -1.79. The molecule has 0 aromatic carbocycles. The Morgan fingerprint density at radius 2 is 2.27 bits per heavy atom. The van der Waals surface area contributed by atoms with E-state index in [4.69, 9.17) is 5.73 Å². The molecule has 7 nitrogen and oxygen atoms in total. The number of hydrogen-bond donors (Lipinski definition) is 2. The Labute approximate surface area is 84.3 Å². The predicted molar refractivity (Wildman–Crippen MR) is 52.6 cm³/mol. The molecule has 0 saturated carbocycles. The highest BCUT2D eigenvalue weighted by atomic mass is 16.6. The minimum absolute atomic E-state index is 0.315. The first kappa shape index (κ1) is 9.13. The zero-order valence-electron chi connectivity index (χ0n) is 7.66. The van der Waals surface area contributed by atoms with Crippen LogP contribution in [0.1, 0.15) is 0 Å². The van der Waals surface area contributed by atoms with Crippen molar-refractivity contribution in [1.29, 1.82) is 0 Å². The number of nitrogens with two attached hydrogens (primary N) is 1. The van der Waals surface area contributed by atoms with E-state index in [0.29, 0.717) is 5.82 Å². The zero-order valence-corrected chi connectivity index (χ0v) is 7.66. The van der Waals surface area contributed by atoms with E-state index in [1.165, 1.54) is 6.20 Å². The number of nitrogens with one attached hydrogen (secondary N) is 1. The number of anilines is 1. The first-order valence-electron chi connectivity index (χ1n) is 4.13. The van der Waals surface area contributed by atoms with Gasteiger partial charge in [0.05, 0.1) is 11.8 Å². The summed E-state index contributed by atoms with van der Waals surface area (Å²) in [6.07, 6.45) is 4.70. The SMILES string of the molecule is Nc1cnon1.c1cnc2nc[nH]c2c1. The molecule has 0 radical (unpaired) electrons. The molecule has 0 fully saturated rings. The van der Waals surface area contributed by atoms with E-state index in [-0.39, 0.29) is 0 Å². The maximum atomic E-state index is 5.01. The van der Waals surface area contributed by atoms with Crippen LogP contribution in [0.2, 0.25) is 0 Å². The Hall–Kier alpha value is -2.44. The summed E-state index contributed by atoms with van der Waals surface area (Å²) >= 11 is 0. The number of H-pyrrole nitrogens is 1. The highest BCUT2D eigenvalue weighted by molar-refractivity contribution is 5.68. The van der Waals surface area contributed by atoms with Gasteiger partial charge >= 0.3 is 0 Å². The molecule has 0 saturated heterocycles. The molecular weight excluding hydrogens is 196 g/mol. The average Bonchev–Trinajstić information content (AvgIpc) is 2.88. The van der Waals surface area contributed by atoms with Crippen LogP contribution in [-0.2, 0) is 0 Å². The molecule has 3 rings (SSSR count). The fourth-order valence-electron chi connectivity index (χ4n) is 0.947. The van der Waals surface area contributed by atoms with Crippen molar-refractivity contribution in [3.05, 3.63) is 30.9 Å². The van der Waals surface area contributed by atoms with Crippen LogP contribution in [-0.4, -0.2) is 25.3 Å². The standard InChI is InChI=1S/C6H5N3.C2H3N3O/c1-2-5-6(7-3-1)9-4-8-5;3-2-1-4-6-5-2/h1-4H,(H,7,8,9);1H,(H2,3,5). The number of aromatic nitrogens is 5. The van der Waals surface area contributed by atoms with Crippen LogP contribution in [0.25, 0.3) is 11.2 Å². The minimum atomic E-state index is 0.315. The molecule has 0 spiro atoms. The lowest BCUT2D eigenvalue weighted by atomic mass is 10.4. The normalized spacial score (nSPS) is 9.60. The molecule has 0 aliphatic rings. The Bertz CT molecular complexity index is 486. The maximum Gasteiger partial charge on any atom is 0.188 e. The molecule has 0 bridgehead atoms. The lowest BCUT2D eigenvalue weighted by molar-refractivity contribution is 0.309. The van der Waals surface area contributed by atoms with Gasteiger partial charge in [-0.25, -0.2) is 14.6 Å². The summed E-state index contributed by atoms with van der Waals surface area (Å²) in [6, 6.07) is 3.82. The topological polar surface area (TPSA) is 107 Å². The fraction of sp³-hybridized carbons (Fsp3) is 0. The molecule has 0 amide bonds. The van der Waals surface area contributed by atoms with Gasteiger partial charge in [0.15, 0.2) is 11.5 Å². The second kappa shape index (κ2) is 4.18. The van der Waals surface area contributed by atoms with Crippen LogP contribution in [0, 0.1) is 0 Å². The predicted octanol–water partition coefficient (Wildman–Crippen LogP) is 0.610. The third-order valence-electron chi connectivity index (χ3n) is 1.57. The Morgan fingerprint density at radius 3 is 2.87 bits per heavy atom. The molecule has 15 heavy (non-hydrogen) atoms. The third kappa shape index (κ3) is 2.27. The first-order chi connectivity index (χ1) is 7.36. The van der Waals surface area contributed by atoms with Gasteiger partial charge in [-0.2, -0.15) is 0 Å². The zero-order chi connectivity index (χ0) is 10.5. The van der Waals surface area contributed by atoms with Gasteiger partial charge in [0.25, 0.3) is 0 Å². The summed E-state index contributed by atoms with van der Waals surface area (Å²) in [5.41, 5.74) is 6.77. The molecule has 0 unspecified atom stereocenters. The molecule has 3 heterocycles. The number of rotatable bonds is 0. The van der Waals surface area contributed by atoms with Gasteiger partial charge in [-0.15, -0.1) is 0 Å². The van der Waals surface area contributed by atoms with Crippen molar-refractivity contribution in [2.75, 3.05) is 5.73 Å². The number of hydrogen-bond acceptors (Lipinski definition) is 6. The van der Waals surface area contributed by atoms with Crippen molar-refractivity contribution >= 4 is 17.0 Å². The smallest absolute Gasteiger partial charge is 0.188 e. The molecule has 3 N–H and O–H groups in total. The maximum absolute atomic E-state index is 5.01.